The lowest BCUT2D eigenvalue weighted by atomic mass is 9.49. The van der Waals surface area contributed by atoms with Crippen LogP contribution >= 0.6 is 0 Å². The lowest BCUT2D eigenvalue weighted by molar-refractivity contribution is -0.0446. The summed E-state index contributed by atoms with van der Waals surface area (Å²) in [4.78, 5) is 2.81. The van der Waals surface area contributed by atoms with Crippen molar-refractivity contribution >= 4 is 27.6 Å². The van der Waals surface area contributed by atoms with Crippen molar-refractivity contribution in [1.29, 1.82) is 0 Å². The highest BCUT2D eigenvalue weighted by Crippen LogP contribution is 2.65. The quantitative estimate of drug-likeness (QED) is 0.528. The zero-order valence-electron chi connectivity index (χ0n) is 15.1. The molecule has 3 aliphatic heterocycles. The van der Waals surface area contributed by atoms with E-state index in [-0.39, 0.29) is 0 Å². The molecule has 2 nitrogen and oxygen atoms in total. The van der Waals surface area contributed by atoms with Gasteiger partial charge in [0.25, 0.3) is 0 Å². The van der Waals surface area contributed by atoms with Crippen LogP contribution in [0.25, 0.3) is 21.9 Å². The highest BCUT2D eigenvalue weighted by Gasteiger charge is 2.62. The Bertz CT molecular complexity index is 989. The third-order valence-electron chi connectivity index (χ3n) is 8.01. The molecule has 1 atom stereocenters. The predicted molar refractivity (Wildman–Crippen MR) is 103 cm³/mol. The summed E-state index contributed by atoms with van der Waals surface area (Å²) in [6.45, 7) is 4.74. The predicted octanol–water partition coefficient (Wildman–Crippen LogP) is 6.20. The summed E-state index contributed by atoms with van der Waals surface area (Å²) in [6, 6.07) is 13.7. The van der Waals surface area contributed by atoms with Crippen LogP contribution in [0.2, 0.25) is 0 Å². The summed E-state index contributed by atoms with van der Waals surface area (Å²) >= 11 is 0. The van der Waals surface area contributed by atoms with E-state index < -0.39 is 0 Å². The van der Waals surface area contributed by atoms with Gasteiger partial charge in [0.15, 0.2) is 5.58 Å². The summed E-state index contributed by atoms with van der Waals surface area (Å²) in [5, 5.41) is 2.52. The van der Waals surface area contributed by atoms with Gasteiger partial charge in [-0.25, -0.2) is 0 Å². The average Bonchev–Trinajstić information content (AvgIpc) is 3.03. The molecular formula is C23H25NO. The summed E-state index contributed by atoms with van der Waals surface area (Å²) in [7, 11) is 0. The summed E-state index contributed by atoms with van der Waals surface area (Å²) in [5.74, 6) is 0. The topological polar surface area (TPSA) is 16.4 Å². The fraction of sp³-hybridized carbons (Fsp3) is 0.478. The van der Waals surface area contributed by atoms with E-state index in [4.69, 9.17) is 4.42 Å². The van der Waals surface area contributed by atoms with E-state index in [1.807, 2.05) is 0 Å². The molecule has 6 fully saturated rings. The minimum atomic E-state index is 0.372. The van der Waals surface area contributed by atoms with E-state index in [0.717, 1.165) is 11.2 Å². The van der Waals surface area contributed by atoms with Crippen LogP contribution in [0.5, 0.6) is 0 Å². The first-order chi connectivity index (χ1) is 12.1. The third-order valence-corrected chi connectivity index (χ3v) is 8.01. The molecule has 3 aromatic rings. The van der Waals surface area contributed by atoms with Crippen molar-refractivity contribution in [1.82, 2.24) is 0 Å². The molecule has 2 heteroatoms. The van der Waals surface area contributed by atoms with Crippen LogP contribution in [0.15, 0.2) is 40.8 Å². The van der Waals surface area contributed by atoms with Gasteiger partial charge in [0, 0.05) is 22.4 Å². The number of piperidine rings is 3. The van der Waals surface area contributed by atoms with Gasteiger partial charge < -0.3 is 9.32 Å². The highest BCUT2D eigenvalue weighted by atomic mass is 16.3. The molecule has 4 heterocycles. The maximum absolute atomic E-state index is 6.43. The van der Waals surface area contributed by atoms with Gasteiger partial charge in [-0.15, -0.1) is 0 Å². The van der Waals surface area contributed by atoms with Gasteiger partial charge in [-0.3, -0.25) is 0 Å². The van der Waals surface area contributed by atoms with Crippen molar-refractivity contribution in [3.05, 3.63) is 42.0 Å². The number of hydrogen-bond donors (Lipinski definition) is 0. The molecule has 0 N–H and O–H groups in total. The van der Waals surface area contributed by atoms with Crippen molar-refractivity contribution in [2.75, 3.05) is 4.90 Å². The molecule has 0 unspecified atom stereocenters. The number of benzene rings is 2. The summed E-state index contributed by atoms with van der Waals surface area (Å²) in [6.07, 6.45) is 8.40. The van der Waals surface area contributed by atoms with Gasteiger partial charge in [0.1, 0.15) is 5.58 Å². The highest BCUT2D eigenvalue weighted by molar-refractivity contribution is 6.09. The zero-order chi connectivity index (χ0) is 16.8. The molecule has 9 rings (SSSR count). The molecule has 0 radical (unpaired) electrons. The minimum absolute atomic E-state index is 0.372. The van der Waals surface area contributed by atoms with Crippen LogP contribution in [0.3, 0.4) is 0 Å². The van der Waals surface area contributed by atoms with Crippen molar-refractivity contribution in [2.45, 2.75) is 64.0 Å². The molecule has 0 amide bonds. The molecule has 2 aromatic carbocycles. The Labute approximate surface area is 148 Å². The van der Waals surface area contributed by atoms with Crippen molar-refractivity contribution in [3.8, 4) is 0 Å². The lowest BCUT2D eigenvalue weighted by Gasteiger charge is -2.70. The molecule has 3 saturated heterocycles. The molecule has 25 heavy (non-hydrogen) atoms. The van der Waals surface area contributed by atoms with Crippen LogP contribution in [0, 0.1) is 12.3 Å². The fourth-order valence-corrected chi connectivity index (χ4v) is 6.47. The smallest absolute Gasteiger partial charge is 0.158 e. The molecule has 3 saturated carbocycles. The molecular weight excluding hydrogens is 306 g/mol. The van der Waals surface area contributed by atoms with Gasteiger partial charge in [-0.2, -0.15) is 0 Å². The number of nitrogens with zero attached hydrogens (tertiary/aromatic N) is 1. The second-order valence-corrected chi connectivity index (χ2v) is 8.84. The second kappa shape index (κ2) is 4.41. The number of hydrogen-bond acceptors (Lipinski definition) is 2. The Morgan fingerprint density at radius 2 is 1.64 bits per heavy atom. The Hall–Kier alpha value is -1.96. The van der Waals surface area contributed by atoms with E-state index >= 15 is 0 Å². The Morgan fingerprint density at radius 3 is 2.36 bits per heavy atom. The van der Waals surface area contributed by atoms with Crippen LogP contribution < -0.4 is 4.90 Å². The molecule has 2 bridgehead atoms. The number of anilines is 1. The second-order valence-electron chi connectivity index (χ2n) is 8.84. The normalized spacial score (nSPS) is 33.7. The van der Waals surface area contributed by atoms with Gasteiger partial charge in [-0.1, -0.05) is 30.3 Å². The van der Waals surface area contributed by atoms with Crippen LogP contribution in [-0.4, -0.2) is 11.6 Å². The Kier molecular flexibility index (Phi) is 2.51. The summed E-state index contributed by atoms with van der Waals surface area (Å²) < 4.78 is 6.43. The molecule has 1 aromatic heterocycles. The van der Waals surface area contributed by atoms with Gasteiger partial charge in [-0.05, 0) is 69.4 Å². The molecule has 3 aliphatic carbocycles. The van der Waals surface area contributed by atoms with E-state index in [9.17, 15) is 0 Å². The van der Waals surface area contributed by atoms with Crippen LogP contribution in [0.1, 0.15) is 51.0 Å². The number of furan rings is 1. The van der Waals surface area contributed by atoms with E-state index in [1.165, 1.54) is 60.5 Å². The maximum atomic E-state index is 6.43. The monoisotopic (exact) mass is 331 g/mol. The average molecular weight is 331 g/mol. The first kappa shape index (κ1) is 14.2. The standard InChI is InChI=1S/C23H25NO/c1-15-7-8-18-17-5-3-4-6-19(17)25-21(18)20(15)24-16(2)22-9-12-23(24,13-10-22)14-11-22/h3-8,16H,9-14H2,1-2H3/t16-,22?,23?/m0/s1. The lowest BCUT2D eigenvalue weighted by Crippen LogP contribution is -2.71. The van der Waals surface area contributed by atoms with Gasteiger partial charge in [0.05, 0.1) is 5.69 Å². The minimum Gasteiger partial charge on any atom is -0.454 e. The maximum Gasteiger partial charge on any atom is 0.158 e. The number of fused-ring (bicyclic) bond motifs is 3. The van der Waals surface area contributed by atoms with Crippen molar-refractivity contribution in [2.24, 2.45) is 5.41 Å². The number of para-hydroxylation sites is 1. The SMILES string of the molecule is Cc1ccc2c(oc3ccccc32)c1N1[C@@H](C)C23CCC1(CC2)CC3. The molecule has 0 spiro atoms. The largest absolute Gasteiger partial charge is 0.454 e. The van der Waals surface area contributed by atoms with Gasteiger partial charge >= 0.3 is 0 Å². The van der Waals surface area contributed by atoms with E-state index in [1.54, 1.807) is 0 Å². The Morgan fingerprint density at radius 1 is 0.920 bits per heavy atom. The molecule has 128 valence electrons. The van der Waals surface area contributed by atoms with E-state index in [2.05, 4.69) is 55.1 Å². The summed E-state index contributed by atoms with van der Waals surface area (Å²) in [5.41, 5.74) is 5.78. The van der Waals surface area contributed by atoms with Crippen molar-refractivity contribution in [3.63, 3.8) is 0 Å². The third kappa shape index (κ3) is 1.57. The van der Waals surface area contributed by atoms with Crippen LogP contribution in [0.4, 0.5) is 5.69 Å². The molecule has 6 aliphatic rings. The van der Waals surface area contributed by atoms with Crippen molar-refractivity contribution < 1.29 is 4.42 Å². The fourth-order valence-electron chi connectivity index (χ4n) is 6.47. The Balaban J connectivity index is 1.66. The number of aryl methyl sites for hydroxylation is 1. The van der Waals surface area contributed by atoms with Gasteiger partial charge in [0.2, 0.25) is 0 Å². The van der Waals surface area contributed by atoms with E-state index in [0.29, 0.717) is 17.0 Å². The first-order valence-corrected chi connectivity index (χ1v) is 9.84. The zero-order valence-corrected chi connectivity index (χ0v) is 15.1. The van der Waals surface area contributed by atoms with Crippen LogP contribution in [-0.2, 0) is 0 Å². The number of rotatable bonds is 1. The first-order valence-electron chi connectivity index (χ1n) is 9.84.